The van der Waals surface area contributed by atoms with Gasteiger partial charge in [-0.1, -0.05) is 24.3 Å². The standard InChI is InChI=1S/C22H24FN3O3/c23-17-7-1-4-10-20(17)29-15-16-6-5-11-25(12-16)14-22(28)26-13-21(27)24-18-8-2-3-9-19(18)26/h1-4,7-10,16H,5-6,11-15H2,(H,24,27). The number of rotatable bonds is 5. The maximum absolute atomic E-state index is 13.7. The first kappa shape index (κ1) is 19.4. The Labute approximate surface area is 169 Å². The van der Waals surface area contributed by atoms with Gasteiger partial charge in [0.25, 0.3) is 0 Å². The fourth-order valence-electron chi connectivity index (χ4n) is 3.93. The van der Waals surface area contributed by atoms with Crippen molar-refractivity contribution in [3.8, 4) is 5.75 Å². The molecule has 4 rings (SSSR count). The normalized spacial score (nSPS) is 19.4. The monoisotopic (exact) mass is 397 g/mol. The Hall–Kier alpha value is -2.93. The Kier molecular flexibility index (Phi) is 5.76. The molecule has 1 fully saturated rings. The maximum atomic E-state index is 13.7. The van der Waals surface area contributed by atoms with Crippen LogP contribution in [0.15, 0.2) is 48.5 Å². The first-order chi connectivity index (χ1) is 14.1. The van der Waals surface area contributed by atoms with E-state index in [-0.39, 0.29) is 42.4 Å². The van der Waals surface area contributed by atoms with E-state index in [0.717, 1.165) is 25.1 Å². The summed E-state index contributed by atoms with van der Waals surface area (Å²) in [4.78, 5) is 28.5. The molecule has 2 aromatic carbocycles. The Balaban J connectivity index is 1.35. The van der Waals surface area contributed by atoms with Gasteiger partial charge in [0, 0.05) is 12.5 Å². The predicted molar refractivity (Wildman–Crippen MR) is 108 cm³/mol. The van der Waals surface area contributed by atoms with Crippen LogP contribution in [0.2, 0.25) is 0 Å². The molecule has 0 aromatic heterocycles. The van der Waals surface area contributed by atoms with Gasteiger partial charge in [-0.3, -0.25) is 19.4 Å². The summed E-state index contributed by atoms with van der Waals surface area (Å²) in [6.07, 6.45) is 1.93. The number of carbonyl (C=O) groups excluding carboxylic acids is 2. The lowest BCUT2D eigenvalue weighted by Crippen LogP contribution is -2.48. The molecular formula is C22H24FN3O3. The van der Waals surface area contributed by atoms with Gasteiger partial charge in [-0.25, -0.2) is 4.39 Å². The van der Waals surface area contributed by atoms with Crippen molar-refractivity contribution in [1.82, 2.24) is 4.90 Å². The number of nitrogens with one attached hydrogen (secondary N) is 1. The van der Waals surface area contributed by atoms with Gasteiger partial charge in [-0.15, -0.1) is 0 Å². The summed E-state index contributed by atoms with van der Waals surface area (Å²) < 4.78 is 19.4. The van der Waals surface area contributed by atoms with E-state index >= 15 is 0 Å². The van der Waals surface area contributed by atoms with Crippen LogP contribution in [0, 0.1) is 11.7 Å². The number of hydrogen-bond donors (Lipinski definition) is 1. The molecule has 7 heteroatoms. The zero-order chi connectivity index (χ0) is 20.2. The zero-order valence-electron chi connectivity index (χ0n) is 16.1. The van der Waals surface area contributed by atoms with E-state index in [0.29, 0.717) is 18.8 Å². The Morgan fingerprint density at radius 1 is 1.17 bits per heavy atom. The molecule has 1 saturated heterocycles. The number of benzene rings is 2. The lowest BCUT2D eigenvalue weighted by Gasteiger charge is -2.35. The summed E-state index contributed by atoms with van der Waals surface area (Å²) in [7, 11) is 0. The molecule has 0 radical (unpaired) electrons. The molecule has 2 heterocycles. The van der Waals surface area contributed by atoms with Crippen LogP contribution < -0.4 is 15.0 Å². The predicted octanol–water partition coefficient (Wildman–Crippen LogP) is 2.90. The molecule has 2 aliphatic heterocycles. The average Bonchev–Trinajstić information content (AvgIpc) is 2.73. The Morgan fingerprint density at radius 3 is 2.83 bits per heavy atom. The van der Waals surface area contributed by atoms with E-state index in [1.54, 1.807) is 29.2 Å². The fraction of sp³-hybridized carbons (Fsp3) is 0.364. The molecule has 2 aromatic rings. The third-order valence-electron chi connectivity index (χ3n) is 5.34. The number of halogens is 1. The first-order valence-electron chi connectivity index (χ1n) is 9.89. The van der Waals surface area contributed by atoms with E-state index in [9.17, 15) is 14.0 Å². The minimum absolute atomic E-state index is 0.0313. The number of piperidine rings is 1. The van der Waals surface area contributed by atoms with Crippen LogP contribution in [0.1, 0.15) is 12.8 Å². The van der Waals surface area contributed by atoms with Crippen LogP contribution in [0.25, 0.3) is 0 Å². The number of hydrogen-bond acceptors (Lipinski definition) is 4. The summed E-state index contributed by atoms with van der Waals surface area (Å²) in [5, 5.41) is 2.80. The highest BCUT2D eigenvalue weighted by Gasteiger charge is 2.29. The molecule has 6 nitrogen and oxygen atoms in total. The minimum Gasteiger partial charge on any atom is -0.490 e. The lowest BCUT2D eigenvalue weighted by molar-refractivity contribution is -0.123. The number of amides is 2. The van der Waals surface area contributed by atoms with Gasteiger partial charge < -0.3 is 10.1 Å². The molecule has 2 amide bonds. The highest BCUT2D eigenvalue weighted by molar-refractivity contribution is 6.10. The summed E-state index contributed by atoms with van der Waals surface area (Å²) in [6.45, 7) is 2.23. The topological polar surface area (TPSA) is 61.9 Å². The molecule has 0 bridgehead atoms. The van der Waals surface area contributed by atoms with Gasteiger partial charge in [0.1, 0.15) is 6.54 Å². The molecule has 1 N–H and O–H groups in total. The molecule has 1 atom stereocenters. The minimum atomic E-state index is -0.364. The third kappa shape index (κ3) is 4.56. The number of nitrogens with zero attached hydrogens (tertiary/aromatic N) is 2. The Bertz CT molecular complexity index is 904. The van der Waals surface area contributed by atoms with Gasteiger partial charge in [0.05, 0.1) is 24.5 Å². The fourth-order valence-corrected chi connectivity index (χ4v) is 3.93. The number of fused-ring (bicyclic) bond motifs is 1. The zero-order valence-corrected chi connectivity index (χ0v) is 16.1. The number of para-hydroxylation sites is 3. The number of likely N-dealkylation sites (tertiary alicyclic amines) is 1. The molecule has 152 valence electrons. The van der Waals surface area contributed by atoms with E-state index in [1.165, 1.54) is 6.07 Å². The average molecular weight is 397 g/mol. The molecule has 0 saturated carbocycles. The van der Waals surface area contributed by atoms with Crippen molar-refractivity contribution in [2.24, 2.45) is 5.92 Å². The summed E-state index contributed by atoms with van der Waals surface area (Å²) in [5.74, 6) is -0.156. The van der Waals surface area contributed by atoms with Gasteiger partial charge in [-0.05, 0) is 43.7 Å². The van der Waals surface area contributed by atoms with Gasteiger partial charge >= 0.3 is 0 Å². The highest BCUT2D eigenvalue weighted by Crippen LogP contribution is 2.29. The first-order valence-corrected chi connectivity index (χ1v) is 9.89. The van der Waals surface area contributed by atoms with Crippen LogP contribution in [-0.2, 0) is 9.59 Å². The lowest BCUT2D eigenvalue weighted by atomic mass is 9.99. The van der Waals surface area contributed by atoms with E-state index in [4.69, 9.17) is 4.74 Å². The van der Waals surface area contributed by atoms with Gasteiger partial charge in [0.15, 0.2) is 11.6 Å². The van der Waals surface area contributed by atoms with Crippen molar-refractivity contribution in [3.05, 3.63) is 54.3 Å². The number of ether oxygens (including phenoxy) is 1. The largest absolute Gasteiger partial charge is 0.490 e. The number of anilines is 2. The van der Waals surface area contributed by atoms with Crippen molar-refractivity contribution >= 4 is 23.2 Å². The van der Waals surface area contributed by atoms with E-state index in [1.807, 2.05) is 18.2 Å². The van der Waals surface area contributed by atoms with Crippen LogP contribution in [0.4, 0.5) is 15.8 Å². The van der Waals surface area contributed by atoms with Gasteiger partial charge in [0.2, 0.25) is 11.8 Å². The van der Waals surface area contributed by atoms with Crippen LogP contribution in [0.3, 0.4) is 0 Å². The second-order valence-electron chi connectivity index (χ2n) is 7.53. The van der Waals surface area contributed by atoms with Crippen molar-refractivity contribution in [3.63, 3.8) is 0 Å². The van der Waals surface area contributed by atoms with Crippen LogP contribution >= 0.6 is 0 Å². The van der Waals surface area contributed by atoms with Crippen molar-refractivity contribution < 1.29 is 18.7 Å². The van der Waals surface area contributed by atoms with Crippen molar-refractivity contribution in [2.45, 2.75) is 12.8 Å². The highest BCUT2D eigenvalue weighted by atomic mass is 19.1. The third-order valence-corrected chi connectivity index (χ3v) is 5.34. The molecule has 29 heavy (non-hydrogen) atoms. The summed E-state index contributed by atoms with van der Waals surface area (Å²) in [6, 6.07) is 13.7. The van der Waals surface area contributed by atoms with E-state index in [2.05, 4.69) is 10.2 Å². The summed E-state index contributed by atoms with van der Waals surface area (Å²) in [5.41, 5.74) is 1.39. The van der Waals surface area contributed by atoms with Crippen molar-refractivity contribution in [1.29, 1.82) is 0 Å². The smallest absolute Gasteiger partial charge is 0.244 e. The molecule has 0 spiro atoms. The molecular weight excluding hydrogens is 373 g/mol. The quantitative estimate of drug-likeness (QED) is 0.843. The maximum Gasteiger partial charge on any atom is 0.244 e. The van der Waals surface area contributed by atoms with Crippen molar-refractivity contribution in [2.75, 3.05) is 43.0 Å². The van der Waals surface area contributed by atoms with E-state index < -0.39 is 0 Å². The number of carbonyl (C=O) groups is 2. The molecule has 2 aliphatic rings. The second kappa shape index (κ2) is 8.61. The van der Waals surface area contributed by atoms with Crippen LogP contribution in [0.5, 0.6) is 5.75 Å². The second-order valence-corrected chi connectivity index (χ2v) is 7.53. The van der Waals surface area contributed by atoms with Crippen LogP contribution in [-0.4, -0.2) is 49.5 Å². The molecule has 1 unspecified atom stereocenters. The Morgan fingerprint density at radius 2 is 1.97 bits per heavy atom. The molecule has 0 aliphatic carbocycles. The SMILES string of the molecule is O=C1CN(C(=O)CN2CCCC(COc3ccccc3F)C2)c2ccccc2N1. The summed E-state index contributed by atoms with van der Waals surface area (Å²) >= 11 is 0. The van der Waals surface area contributed by atoms with Gasteiger partial charge in [-0.2, -0.15) is 0 Å².